The molecule has 1 fully saturated rings. The first-order chi connectivity index (χ1) is 7.53. The number of aliphatic hydroxyl groups excluding tert-OH is 1. The normalized spacial score (nSPS) is 21.0. The number of aliphatic hydroxyl groups is 1. The van der Waals surface area contributed by atoms with Gasteiger partial charge < -0.3 is 5.11 Å². The molecular weight excluding hydrogens is 243 g/mol. The van der Waals surface area contributed by atoms with Crippen molar-refractivity contribution >= 4 is 23.2 Å². The summed E-state index contributed by atoms with van der Waals surface area (Å²) in [6.45, 7) is 2.13. The quantitative estimate of drug-likeness (QED) is 0.822. The fourth-order valence-corrected chi connectivity index (χ4v) is 2.96. The molecule has 1 aromatic carbocycles. The molecule has 0 spiro atoms. The topological polar surface area (TPSA) is 20.2 Å². The number of hydrogen-bond acceptors (Lipinski definition) is 1. The number of hydrogen-bond donors (Lipinski definition) is 1. The highest BCUT2D eigenvalue weighted by molar-refractivity contribution is 6.33. The number of halogens is 2. The van der Waals surface area contributed by atoms with E-state index in [-0.39, 0.29) is 5.41 Å². The smallest absolute Gasteiger partial charge is 0.0858 e. The second kappa shape index (κ2) is 4.56. The van der Waals surface area contributed by atoms with Crippen LogP contribution in [0, 0.1) is 5.41 Å². The molecule has 1 aromatic rings. The average Bonchev–Trinajstić information content (AvgIpc) is 2.69. The maximum Gasteiger partial charge on any atom is 0.0858 e. The second-order valence-corrected chi connectivity index (χ2v) is 5.77. The Balaban J connectivity index is 2.32. The van der Waals surface area contributed by atoms with Gasteiger partial charge in [0.05, 0.1) is 6.10 Å². The van der Waals surface area contributed by atoms with Gasteiger partial charge in [-0.2, -0.15) is 0 Å². The summed E-state index contributed by atoms with van der Waals surface area (Å²) in [5.74, 6) is 0. The Morgan fingerprint density at radius 3 is 2.50 bits per heavy atom. The van der Waals surface area contributed by atoms with E-state index in [1.807, 2.05) is 0 Å². The molecule has 1 unspecified atom stereocenters. The minimum Gasteiger partial charge on any atom is -0.388 e. The van der Waals surface area contributed by atoms with E-state index in [0.29, 0.717) is 10.0 Å². The number of benzene rings is 1. The summed E-state index contributed by atoms with van der Waals surface area (Å²) in [4.78, 5) is 0. The molecule has 1 atom stereocenters. The third-order valence-corrected chi connectivity index (χ3v) is 4.24. The Bertz CT molecular complexity index is 384. The monoisotopic (exact) mass is 258 g/mol. The SMILES string of the molecule is CC1(C(O)c2cc(Cl)ccc2Cl)CCCC1. The van der Waals surface area contributed by atoms with Crippen LogP contribution in [0.1, 0.15) is 44.3 Å². The fourth-order valence-electron chi connectivity index (χ4n) is 2.56. The lowest BCUT2D eigenvalue weighted by atomic mass is 9.79. The molecule has 3 heteroatoms. The van der Waals surface area contributed by atoms with E-state index in [1.165, 1.54) is 12.8 Å². The highest BCUT2D eigenvalue weighted by Crippen LogP contribution is 2.48. The molecule has 1 saturated carbocycles. The Morgan fingerprint density at radius 1 is 1.25 bits per heavy atom. The molecule has 88 valence electrons. The Hall–Kier alpha value is -0.240. The first-order valence-corrected chi connectivity index (χ1v) is 6.41. The molecule has 0 aromatic heterocycles. The molecule has 1 N–H and O–H groups in total. The van der Waals surface area contributed by atoms with Crippen molar-refractivity contribution in [3.63, 3.8) is 0 Å². The summed E-state index contributed by atoms with van der Waals surface area (Å²) in [6.07, 6.45) is 3.96. The minimum absolute atomic E-state index is 0.0473. The third-order valence-electron chi connectivity index (χ3n) is 3.66. The first-order valence-electron chi connectivity index (χ1n) is 5.66. The Labute approximate surface area is 106 Å². The molecule has 0 amide bonds. The summed E-state index contributed by atoms with van der Waals surface area (Å²) >= 11 is 12.1. The highest BCUT2D eigenvalue weighted by Gasteiger charge is 2.37. The summed E-state index contributed by atoms with van der Waals surface area (Å²) in [5, 5.41) is 11.7. The van der Waals surface area contributed by atoms with Gasteiger partial charge in [-0.3, -0.25) is 0 Å². The van der Waals surface area contributed by atoms with Gasteiger partial charge >= 0.3 is 0 Å². The van der Waals surface area contributed by atoms with Gasteiger partial charge in [-0.15, -0.1) is 0 Å². The zero-order chi connectivity index (χ0) is 11.8. The molecule has 2 rings (SSSR count). The molecule has 16 heavy (non-hydrogen) atoms. The van der Waals surface area contributed by atoms with Gasteiger partial charge in [-0.1, -0.05) is 43.0 Å². The van der Waals surface area contributed by atoms with Crippen molar-refractivity contribution < 1.29 is 5.11 Å². The summed E-state index contributed by atoms with van der Waals surface area (Å²) < 4.78 is 0. The van der Waals surface area contributed by atoms with Gasteiger partial charge in [0.2, 0.25) is 0 Å². The zero-order valence-electron chi connectivity index (χ0n) is 9.34. The Kier molecular flexibility index (Phi) is 3.48. The van der Waals surface area contributed by atoms with Gasteiger partial charge in [0.1, 0.15) is 0 Å². The van der Waals surface area contributed by atoms with Crippen LogP contribution in [0.4, 0.5) is 0 Å². The predicted molar refractivity (Wildman–Crippen MR) is 68.0 cm³/mol. The molecule has 0 heterocycles. The third kappa shape index (κ3) is 2.22. The van der Waals surface area contributed by atoms with Crippen molar-refractivity contribution in [1.82, 2.24) is 0 Å². The lowest BCUT2D eigenvalue weighted by molar-refractivity contribution is 0.0409. The molecule has 0 saturated heterocycles. The fraction of sp³-hybridized carbons (Fsp3) is 0.538. The van der Waals surface area contributed by atoms with Gasteiger partial charge in [0, 0.05) is 15.6 Å². The zero-order valence-corrected chi connectivity index (χ0v) is 10.9. The predicted octanol–water partition coefficient (Wildman–Crippen LogP) is 4.61. The van der Waals surface area contributed by atoms with E-state index < -0.39 is 6.10 Å². The molecule has 0 radical (unpaired) electrons. The van der Waals surface area contributed by atoms with E-state index >= 15 is 0 Å². The van der Waals surface area contributed by atoms with Crippen LogP contribution in [0.2, 0.25) is 10.0 Å². The van der Waals surface area contributed by atoms with Crippen LogP contribution in [0.15, 0.2) is 18.2 Å². The van der Waals surface area contributed by atoms with Gasteiger partial charge in [-0.05, 0) is 36.5 Å². The standard InChI is InChI=1S/C13H16Cl2O/c1-13(6-2-3-7-13)12(16)10-8-9(14)4-5-11(10)15/h4-5,8,12,16H,2-3,6-7H2,1H3. The van der Waals surface area contributed by atoms with E-state index in [1.54, 1.807) is 18.2 Å². The van der Waals surface area contributed by atoms with Crippen LogP contribution in [0.3, 0.4) is 0 Å². The molecule has 0 bridgehead atoms. The van der Waals surface area contributed by atoms with Gasteiger partial charge in [0.25, 0.3) is 0 Å². The van der Waals surface area contributed by atoms with Gasteiger partial charge in [0.15, 0.2) is 0 Å². The molecular formula is C13H16Cl2O. The lowest BCUT2D eigenvalue weighted by Crippen LogP contribution is -2.22. The van der Waals surface area contributed by atoms with Crippen LogP contribution < -0.4 is 0 Å². The summed E-state index contributed by atoms with van der Waals surface area (Å²) in [6, 6.07) is 5.27. The molecule has 1 nitrogen and oxygen atoms in total. The van der Waals surface area contributed by atoms with Crippen molar-refractivity contribution in [3.8, 4) is 0 Å². The largest absolute Gasteiger partial charge is 0.388 e. The van der Waals surface area contributed by atoms with Crippen molar-refractivity contribution in [2.24, 2.45) is 5.41 Å². The molecule has 1 aliphatic carbocycles. The van der Waals surface area contributed by atoms with Crippen LogP contribution in [0.25, 0.3) is 0 Å². The van der Waals surface area contributed by atoms with Crippen molar-refractivity contribution in [2.45, 2.75) is 38.7 Å². The first kappa shape index (κ1) is 12.2. The van der Waals surface area contributed by atoms with Gasteiger partial charge in [-0.25, -0.2) is 0 Å². The maximum absolute atomic E-state index is 10.4. The van der Waals surface area contributed by atoms with E-state index in [2.05, 4.69) is 6.92 Å². The maximum atomic E-state index is 10.4. The van der Waals surface area contributed by atoms with E-state index in [4.69, 9.17) is 23.2 Å². The van der Waals surface area contributed by atoms with Crippen LogP contribution in [-0.2, 0) is 0 Å². The van der Waals surface area contributed by atoms with E-state index in [9.17, 15) is 5.11 Å². The lowest BCUT2D eigenvalue weighted by Gasteiger charge is -2.30. The highest BCUT2D eigenvalue weighted by atomic mass is 35.5. The van der Waals surface area contributed by atoms with Crippen LogP contribution >= 0.6 is 23.2 Å². The summed E-state index contributed by atoms with van der Waals surface area (Å²) in [7, 11) is 0. The van der Waals surface area contributed by atoms with Crippen molar-refractivity contribution in [2.75, 3.05) is 0 Å². The number of rotatable bonds is 2. The second-order valence-electron chi connectivity index (χ2n) is 4.93. The van der Waals surface area contributed by atoms with E-state index in [0.717, 1.165) is 18.4 Å². The van der Waals surface area contributed by atoms with Crippen molar-refractivity contribution in [3.05, 3.63) is 33.8 Å². The minimum atomic E-state index is -0.513. The molecule has 0 aliphatic heterocycles. The van der Waals surface area contributed by atoms with Crippen LogP contribution in [-0.4, -0.2) is 5.11 Å². The summed E-state index contributed by atoms with van der Waals surface area (Å²) in [5.41, 5.74) is 0.715. The average molecular weight is 259 g/mol. The van der Waals surface area contributed by atoms with Crippen LogP contribution in [0.5, 0.6) is 0 Å². The Morgan fingerprint density at radius 2 is 1.88 bits per heavy atom. The molecule has 1 aliphatic rings. The van der Waals surface area contributed by atoms with Crippen molar-refractivity contribution in [1.29, 1.82) is 0 Å².